The zero-order valence-electron chi connectivity index (χ0n) is 7.15. The summed E-state index contributed by atoms with van der Waals surface area (Å²) < 4.78 is 21.6. The molecule has 80 valence electrons. The van der Waals surface area contributed by atoms with Gasteiger partial charge in [-0.1, -0.05) is 13.8 Å². The second-order valence-electron chi connectivity index (χ2n) is 3.03. The van der Waals surface area contributed by atoms with E-state index in [1.807, 2.05) is 0 Å². The van der Waals surface area contributed by atoms with Crippen LogP contribution in [-0.4, -0.2) is 24.6 Å². The Kier molecular flexibility index (Phi) is 3.51. The van der Waals surface area contributed by atoms with Gasteiger partial charge in [0.25, 0.3) is 0 Å². The van der Waals surface area contributed by atoms with Gasteiger partial charge in [0.15, 0.2) is 0 Å². The van der Waals surface area contributed by atoms with Crippen molar-refractivity contribution in [3.63, 3.8) is 0 Å². The number of nitrogens with two attached hydrogens (primary N) is 1. The molecule has 0 fully saturated rings. The molecule has 0 unspecified atom stereocenters. The van der Waals surface area contributed by atoms with Crippen LogP contribution in [0.5, 0.6) is 0 Å². The fourth-order valence-corrected chi connectivity index (χ4v) is 3.55. The lowest BCUT2D eigenvalue weighted by molar-refractivity contribution is 0.283. The van der Waals surface area contributed by atoms with Gasteiger partial charge in [-0.3, -0.25) is 9.13 Å². The zero-order valence-corrected chi connectivity index (χ0v) is 8.94. The van der Waals surface area contributed by atoms with Crippen molar-refractivity contribution in [3.8, 4) is 0 Å². The fraction of sp³-hybridized carbons (Fsp3) is 1.00. The summed E-state index contributed by atoms with van der Waals surface area (Å²) in [7, 11) is -10.1. The van der Waals surface area contributed by atoms with E-state index in [1.165, 1.54) is 13.8 Å². The molecule has 0 bridgehead atoms. The summed E-state index contributed by atoms with van der Waals surface area (Å²) in [5.74, 6) is -1.03. The van der Waals surface area contributed by atoms with Gasteiger partial charge >= 0.3 is 15.2 Å². The highest BCUT2D eigenvalue weighted by molar-refractivity contribution is 7.72. The van der Waals surface area contributed by atoms with Crippen molar-refractivity contribution in [2.45, 2.75) is 18.9 Å². The van der Waals surface area contributed by atoms with E-state index in [0.717, 1.165) is 0 Å². The standard InChI is InChI=1S/C4H13NO6P2/c1-3(2)4(5,12(6,7)8)13(9,10)11/h3H,5H2,1-2H3,(H2,6,7,8)(H2,9,10,11). The molecular weight excluding hydrogens is 220 g/mol. The number of rotatable bonds is 3. The fourth-order valence-electron chi connectivity index (χ4n) is 0.842. The van der Waals surface area contributed by atoms with Gasteiger partial charge in [0.2, 0.25) is 5.02 Å². The molecule has 0 aromatic carbocycles. The van der Waals surface area contributed by atoms with Gasteiger partial charge in [-0.25, -0.2) is 0 Å². The van der Waals surface area contributed by atoms with Crippen LogP contribution in [0, 0.1) is 5.92 Å². The van der Waals surface area contributed by atoms with Crippen molar-refractivity contribution in [1.29, 1.82) is 0 Å². The van der Waals surface area contributed by atoms with Gasteiger partial charge in [-0.2, -0.15) is 0 Å². The summed E-state index contributed by atoms with van der Waals surface area (Å²) in [6, 6.07) is 0. The first-order valence-electron chi connectivity index (χ1n) is 3.34. The lowest BCUT2D eigenvalue weighted by Gasteiger charge is -2.33. The third kappa shape index (κ3) is 2.19. The molecule has 0 aliphatic heterocycles. The predicted molar refractivity (Wildman–Crippen MR) is 45.8 cm³/mol. The maximum atomic E-state index is 10.8. The van der Waals surface area contributed by atoms with Crippen LogP contribution in [0.2, 0.25) is 0 Å². The first kappa shape index (κ1) is 13.3. The lowest BCUT2D eigenvalue weighted by atomic mass is 10.2. The highest BCUT2D eigenvalue weighted by atomic mass is 31.2. The number of hydrogen-bond donors (Lipinski definition) is 5. The smallest absolute Gasteiger partial charge is 0.323 e. The maximum absolute atomic E-state index is 10.8. The van der Waals surface area contributed by atoms with Crippen molar-refractivity contribution < 1.29 is 28.7 Å². The topological polar surface area (TPSA) is 141 Å². The van der Waals surface area contributed by atoms with Crippen LogP contribution in [0.15, 0.2) is 0 Å². The van der Waals surface area contributed by atoms with Crippen molar-refractivity contribution in [1.82, 2.24) is 0 Å². The lowest BCUT2D eigenvalue weighted by Crippen LogP contribution is -2.44. The molecule has 0 aromatic heterocycles. The normalized spacial score (nSPS) is 15.1. The van der Waals surface area contributed by atoms with Crippen molar-refractivity contribution >= 4 is 15.2 Å². The monoisotopic (exact) mass is 233 g/mol. The summed E-state index contributed by atoms with van der Waals surface area (Å²) in [6.45, 7) is 2.47. The molecular formula is C4H13NO6P2. The average molecular weight is 233 g/mol. The van der Waals surface area contributed by atoms with E-state index in [1.54, 1.807) is 0 Å². The Morgan fingerprint density at radius 2 is 1.31 bits per heavy atom. The molecule has 7 nitrogen and oxygen atoms in total. The third-order valence-corrected chi connectivity index (χ3v) is 6.25. The van der Waals surface area contributed by atoms with E-state index >= 15 is 0 Å². The Morgan fingerprint density at radius 1 is 1.08 bits per heavy atom. The zero-order chi connectivity index (χ0) is 11.1. The Bertz CT molecular complexity index is 254. The molecule has 0 amide bonds. The molecule has 13 heavy (non-hydrogen) atoms. The average Bonchev–Trinajstić information content (AvgIpc) is 1.80. The summed E-state index contributed by atoms with van der Waals surface area (Å²) in [5.41, 5.74) is 5.07. The van der Waals surface area contributed by atoms with Crippen LogP contribution < -0.4 is 5.73 Å². The summed E-state index contributed by atoms with van der Waals surface area (Å²) >= 11 is 0. The summed E-state index contributed by atoms with van der Waals surface area (Å²) in [5, 5.41) is -2.79. The van der Waals surface area contributed by atoms with Gasteiger partial charge in [0.1, 0.15) is 0 Å². The van der Waals surface area contributed by atoms with Crippen LogP contribution >= 0.6 is 15.2 Å². The Labute approximate surface area is 75.3 Å². The van der Waals surface area contributed by atoms with Gasteiger partial charge in [-0.05, 0) is 5.92 Å². The first-order chi connectivity index (χ1) is 5.44. The van der Waals surface area contributed by atoms with Crippen molar-refractivity contribution in [2.24, 2.45) is 11.7 Å². The minimum atomic E-state index is -5.05. The van der Waals surface area contributed by atoms with E-state index in [-0.39, 0.29) is 0 Å². The van der Waals surface area contributed by atoms with E-state index in [9.17, 15) is 9.13 Å². The van der Waals surface area contributed by atoms with Crippen molar-refractivity contribution in [2.75, 3.05) is 0 Å². The Morgan fingerprint density at radius 3 is 1.31 bits per heavy atom. The molecule has 0 heterocycles. The van der Waals surface area contributed by atoms with Crippen LogP contribution in [0.1, 0.15) is 13.8 Å². The molecule has 0 aliphatic carbocycles. The van der Waals surface area contributed by atoms with Gasteiger partial charge < -0.3 is 25.3 Å². The molecule has 0 saturated carbocycles. The molecule has 0 rings (SSSR count). The minimum Gasteiger partial charge on any atom is -0.323 e. The highest BCUT2D eigenvalue weighted by Gasteiger charge is 2.59. The molecule has 6 N–H and O–H groups in total. The van der Waals surface area contributed by atoms with Gasteiger partial charge in [-0.15, -0.1) is 0 Å². The second kappa shape index (κ2) is 3.44. The maximum Gasteiger partial charge on any atom is 0.357 e. The molecule has 0 aromatic rings. The molecule has 0 aliphatic rings. The largest absolute Gasteiger partial charge is 0.357 e. The molecule has 0 spiro atoms. The molecule has 0 radical (unpaired) electrons. The SMILES string of the molecule is CC(C)C(N)(P(=O)(O)O)P(=O)(O)O. The molecule has 0 atom stereocenters. The predicted octanol–water partition coefficient (Wildman–Crippen LogP) is -0.390. The van der Waals surface area contributed by atoms with Crippen LogP contribution in [0.25, 0.3) is 0 Å². The second-order valence-corrected chi connectivity index (χ2v) is 7.03. The van der Waals surface area contributed by atoms with E-state index in [0.29, 0.717) is 0 Å². The first-order valence-corrected chi connectivity index (χ1v) is 6.57. The molecule has 9 heteroatoms. The Hall–Kier alpha value is 0.260. The summed E-state index contributed by atoms with van der Waals surface area (Å²) in [6.07, 6.45) is 0. The van der Waals surface area contributed by atoms with Crippen LogP contribution in [0.3, 0.4) is 0 Å². The third-order valence-electron chi connectivity index (χ3n) is 1.78. The Balaban J connectivity index is 5.50. The van der Waals surface area contributed by atoms with Crippen molar-refractivity contribution in [3.05, 3.63) is 0 Å². The van der Waals surface area contributed by atoms with Crippen LogP contribution in [0.4, 0.5) is 0 Å². The van der Waals surface area contributed by atoms with Gasteiger partial charge in [0.05, 0.1) is 0 Å². The van der Waals surface area contributed by atoms with E-state index < -0.39 is 26.1 Å². The van der Waals surface area contributed by atoms with Gasteiger partial charge in [0, 0.05) is 0 Å². The highest BCUT2D eigenvalue weighted by Crippen LogP contribution is 2.68. The van der Waals surface area contributed by atoms with E-state index in [2.05, 4.69) is 0 Å². The summed E-state index contributed by atoms with van der Waals surface area (Å²) in [4.78, 5) is 34.9. The number of hydrogen-bond acceptors (Lipinski definition) is 3. The molecule has 0 saturated heterocycles. The quantitative estimate of drug-likeness (QED) is 0.418. The van der Waals surface area contributed by atoms with E-state index in [4.69, 9.17) is 25.3 Å². The van der Waals surface area contributed by atoms with Crippen LogP contribution in [-0.2, 0) is 9.13 Å². The minimum absolute atomic E-state index is 1.03.